The molecule has 0 aliphatic carbocycles. The highest BCUT2D eigenvalue weighted by atomic mass is 35.5. The van der Waals surface area contributed by atoms with Gasteiger partial charge in [-0.3, -0.25) is 0 Å². The molecule has 0 atom stereocenters. The smallest absolute Gasteiger partial charge is 0.184 e. The predicted molar refractivity (Wildman–Crippen MR) is 87.1 cm³/mol. The number of hydrogen-bond donors (Lipinski definition) is 1. The number of hydrogen-bond acceptors (Lipinski definition) is 4. The number of anilines is 1. The Hall–Kier alpha value is -1.92. The molecule has 2 aromatic rings. The minimum absolute atomic E-state index is 0.121. The molecule has 0 aliphatic rings. The minimum Gasteiger partial charge on any atom is -0.378 e. The fourth-order valence-electron chi connectivity index (χ4n) is 2.01. The van der Waals surface area contributed by atoms with Crippen LogP contribution in [0.25, 0.3) is 0 Å². The molecular formula is C15H17ClN3O2S+. The summed E-state index contributed by atoms with van der Waals surface area (Å²) in [4.78, 5) is 1.94. The van der Waals surface area contributed by atoms with Crippen LogP contribution in [0.1, 0.15) is 5.56 Å². The van der Waals surface area contributed by atoms with Crippen molar-refractivity contribution in [3.63, 3.8) is 0 Å². The lowest BCUT2D eigenvalue weighted by molar-refractivity contribution is -0.210. The first-order chi connectivity index (χ1) is 10.3. The maximum atomic E-state index is 12.7. The highest BCUT2D eigenvalue weighted by Crippen LogP contribution is 2.30. The van der Waals surface area contributed by atoms with E-state index in [0.29, 0.717) is 10.6 Å². The Kier molecular flexibility index (Phi) is 4.83. The van der Waals surface area contributed by atoms with Gasteiger partial charge in [-0.25, -0.2) is 8.42 Å². The summed E-state index contributed by atoms with van der Waals surface area (Å²) < 4.78 is 25.3. The third-order valence-corrected chi connectivity index (χ3v) is 5.17. The average molecular weight is 339 g/mol. The molecule has 2 rings (SSSR count). The first-order valence-electron chi connectivity index (χ1n) is 6.53. The van der Waals surface area contributed by atoms with Gasteiger partial charge < -0.3 is 4.90 Å². The predicted octanol–water partition coefficient (Wildman–Crippen LogP) is 2.22. The van der Waals surface area contributed by atoms with E-state index in [1.54, 1.807) is 42.5 Å². The molecule has 0 unspecified atom stereocenters. The van der Waals surface area contributed by atoms with Gasteiger partial charge in [0.05, 0.1) is 5.75 Å². The van der Waals surface area contributed by atoms with Crippen LogP contribution in [0.4, 0.5) is 11.4 Å². The van der Waals surface area contributed by atoms with Gasteiger partial charge >= 0.3 is 0 Å². The van der Waals surface area contributed by atoms with E-state index in [9.17, 15) is 8.42 Å². The first kappa shape index (κ1) is 16.5. The molecule has 2 N–H and O–H groups in total. The van der Waals surface area contributed by atoms with Crippen LogP contribution < -0.4 is 10.4 Å². The second-order valence-corrected chi connectivity index (χ2v) is 7.46. The van der Waals surface area contributed by atoms with E-state index in [0.717, 1.165) is 5.69 Å². The Morgan fingerprint density at radius 1 is 1.14 bits per heavy atom. The zero-order valence-electron chi connectivity index (χ0n) is 12.3. The monoisotopic (exact) mass is 338 g/mol. The van der Waals surface area contributed by atoms with Gasteiger partial charge in [0.15, 0.2) is 9.84 Å². The summed E-state index contributed by atoms with van der Waals surface area (Å²) >= 11 is 5.82. The number of nitrogens with two attached hydrogens (primary N) is 1. The molecule has 0 radical (unpaired) electrons. The topological polar surface area (TPSA) is 75.3 Å². The molecule has 7 heteroatoms. The summed E-state index contributed by atoms with van der Waals surface area (Å²) in [5.41, 5.74) is 6.99. The van der Waals surface area contributed by atoms with E-state index in [1.807, 2.05) is 19.0 Å². The van der Waals surface area contributed by atoms with Crippen molar-refractivity contribution in [2.75, 3.05) is 19.0 Å². The van der Waals surface area contributed by atoms with E-state index < -0.39 is 9.84 Å². The van der Waals surface area contributed by atoms with Crippen molar-refractivity contribution < 1.29 is 13.9 Å². The molecule has 22 heavy (non-hydrogen) atoms. The van der Waals surface area contributed by atoms with Gasteiger partial charge in [-0.2, -0.15) is 5.53 Å². The maximum absolute atomic E-state index is 12.7. The zero-order valence-corrected chi connectivity index (χ0v) is 13.9. The Labute approximate surface area is 135 Å². The van der Waals surface area contributed by atoms with Gasteiger partial charge in [0.1, 0.15) is 10.6 Å². The SMILES string of the molecule is CN(C)c1ccc(N=[NH2+])c(S(=O)(=O)Cc2ccc(Cl)cc2)c1. The summed E-state index contributed by atoms with van der Waals surface area (Å²) in [5, 5.41) is 4.14. The molecular weight excluding hydrogens is 322 g/mol. The van der Waals surface area contributed by atoms with Gasteiger partial charge in [0, 0.05) is 24.8 Å². The molecule has 5 nitrogen and oxygen atoms in total. The van der Waals surface area contributed by atoms with Gasteiger partial charge in [-0.15, -0.1) is 0 Å². The largest absolute Gasteiger partial charge is 0.378 e. The van der Waals surface area contributed by atoms with E-state index in [1.165, 1.54) is 0 Å². The highest BCUT2D eigenvalue weighted by Gasteiger charge is 2.21. The lowest BCUT2D eigenvalue weighted by Gasteiger charge is -2.14. The van der Waals surface area contributed by atoms with Gasteiger partial charge in [0.2, 0.25) is 0 Å². The first-order valence-corrected chi connectivity index (χ1v) is 8.56. The Balaban J connectivity index is 2.45. The standard InChI is InChI=1S/C15H16ClN3O2S/c1-19(2)13-7-8-14(18-17)15(9-13)22(20,21)10-11-3-5-12(16)6-4-11/h3-9,17H,10H2,1-2H3/p+1. The summed E-state index contributed by atoms with van der Waals surface area (Å²) in [5.74, 6) is -0.135. The van der Waals surface area contributed by atoms with E-state index in [2.05, 4.69) is 5.11 Å². The molecule has 0 aromatic heterocycles. The molecule has 0 heterocycles. The van der Waals surface area contributed by atoms with Crippen LogP contribution in [0.15, 0.2) is 52.5 Å². The lowest BCUT2D eigenvalue weighted by Crippen LogP contribution is -2.22. The van der Waals surface area contributed by atoms with E-state index in [4.69, 9.17) is 17.1 Å². The summed E-state index contributed by atoms with van der Waals surface area (Å²) in [6.45, 7) is 0. The summed E-state index contributed by atoms with van der Waals surface area (Å²) in [6.07, 6.45) is 0. The van der Waals surface area contributed by atoms with Crippen molar-refractivity contribution in [2.24, 2.45) is 5.11 Å². The molecule has 0 spiro atoms. The van der Waals surface area contributed by atoms with Crippen molar-refractivity contribution in [1.29, 1.82) is 0 Å². The Morgan fingerprint density at radius 2 is 1.77 bits per heavy atom. The fraction of sp³-hybridized carbons (Fsp3) is 0.200. The van der Waals surface area contributed by atoms with Crippen LogP contribution in [0.2, 0.25) is 5.02 Å². The van der Waals surface area contributed by atoms with E-state index >= 15 is 0 Å². The van der Waals surface area contributed by atoms with Crippen LogP contribution >= 0.6 is 11.6 Å². The normalized spacial score (nSPS) is 11.2. The fourth-order valence-corrected chi connectivity index (χ4v) is 3.67. The molecule has 2 aromatic carbocycles. The maximum Gasteiger partial charge on any atom is 0.184 e. The average Bonchev–Trinajstić information content (AvgIpc) is 2.48. The minimum atomic E-state index is -3.57. The number of nitrogens with zero attached hydrogens (tertiary/aromatic N) is 2. The molecule has 0 amide bonds. The van der Waals surface area contributed by atoms with Crippen LogP contribution in [0, 0.1) is 0 Å². The number of halogens is 1. The third kappa shape index (κ3) is 3.64. The molecule has 0 bridgehead atoms. The van der Waals surface area contributed by atoms with Crippen LogP contribution in [-0.4, -0.2) is 22.5 Å². The van der Waals surface area contributed by atoms with Crippen molar-refractivity contribution in [3.8, 4) is 0 Å². The van der Waals surface area contributed by atoms with Crippen LogP contribution in [0.3, 0.4) is 0 Å². The third-order valence-electron chi connectivity index (χ3n) is 3.20. The van der Waals surface area contributed by atoms with Gasteiger partial charge in [-0.1, -0.05) is 23.7 Å². The van der Waals surface area contributed by atoms with Crippen molar-refractivity contribution >= 4 is 32.8 Å². The zero-order chi connectivity index (χ0) is 16.3. The second kappa shape index (κ2) is 6.46. The van der Waals surface area contributed by atoms with Crippen LogP contribution in [-0.2, 0) is 15.6 Å². The number of benzene rings is 2. The number of sulfone groups is 1. The van der Waals surface area contributed by atoms with Crippen molar-refractivity contribution in [1.82, 2.24) is 0 Å². The Bertz CT molecular complexity index is 787. The molecule has 0 fully saturated rings. The van der Waals surface area contributed by atoms with Crippen molar-refractivity contribution in [2.45, 2.75) is 10.6 Å². The molecule has 116 valence electrons. The Morgan fingerprint density at radius 3 is 2.32 bits per heavy atom. The van der Waals surface area contributed by atoms with Gasteiger partial charge in [0.25, 0.3) is 0 Å². The van der Waals surface area contributed by atoms with Crippen molar-refractivity contribution in [3.05, 3.63) is 53.1 Å². The molecule has 0 saturated carbocycles. The van der Waals surface area contributed by atoms with E-state index in [-0.39, 0.29) is 16.3 Å². The van der Waals surface area contributed by atoms with Crippen LogP contribution in [0.5, 0.6) is 0 Å². The summed E-state index contributed by atoms with van der Waals surface area (Å²) in [6, 6.07) is 11.7. The summed E-state index contributed by atoms with van der Waals surface area (Å²) in [7, 11) is 0.107. The molecule has 0 aliphatic heterocycles. The second-order valence-electron chi connectivity index (χ2n) is 5.06. The number of rotatable bonds is 5. The molecule has 0 saturated heterocycles. The quantitative estimate of drug-likeness (QED) is 0.849. The van der Waals surface area contributed by atoms with Gasteiger partial charge in [-0.05, 0) is 41.0 Å². The lowest BCUT2D eigenvalue weighted by atomic mass is 10.2. The highest BCUT2D eigenvalue weighted by molar-refractivity contribution is 7.90.